The quantitative estimate of drug-likeness (QED) is 0.903. The van der Waals surface area contributed by atoms with Crippen LogP contribution in [0.2, 0.25) is 0 Å². The highest BCUT2D eigenvalue weighted by atomic mass is 19.4. The maximum absolute atomic E-state index is 12.4. The third-order valence-corrected chi connectivity index (χ3v) is 2.80. The molecular weight excluding hydrogens is 267 g/mol. The normalized spacial score (nSPS) is 11.4. The first-order chi connectivity index (χ1) is 9.36. The summed E-state index contributed by atoms with van der Waals surface area (Å²) in [5.74, 6) is 0.524. The molecule has 6 heteroatoms. The number of nitrogen functional groups attached to an aromatic ring is 1. The van der Waals surface area contributed by atoms with Gasteiger partial charge in [0.25, 0.3) is 0 Å². The van der Waals surface area contributed by atoms with Gasteiger partial charge in [-0.05, 0) is 36.2 Å². The van der Waals surface area contributed by atoms with Crippen LogP contribution in [0.15, 0.2) is 36.5 Å². The van der Waals surface area contributed by atoms with Crippen LogP contribution in [0, 0.1) is 6.92 Å². The van der Waals surface area contributed by atoms with E-state index in [0.717, 1.165) is 23.3 Å². The number of pyridine rings is 1. The molecule has 1 heterocycles. The number of nitrogens with zero attached hydrogens (tertiary/aromatic N) is 1. The van der Waals surface area contributed by atoms with E-state index in [1.807, 2.05) is 6.92 Å². The first-order valence-electron chi connectivity index (χ1n) is 5.98. The number of aromatic nitrogens is 1. The summed E-state index contributed by atoms with van der Waals surface area (Å²) in [6.45, 7) is 2.24. The van der Waals surface area contributed by atoms with Crippen LogP contribution >= 0.6 is 0 Å². The van der Waals surface area contributed by atoms with Gasteiger partial charge in [-0.3, -0.25) is 0 Å². The van der Waals surface area contributed by atoms with Crippen LogP contribution in [0.4, 0.5) is 24.7 Å². The van der Waals surface area contributed by atoms with E-state index in [-0.39, 0.29) is 0 Å². The number of alkyl halides is 3. The molecule has 0 aliphatic rings. The monoisotopic (exact) mass is 281 g/mol. The van der Waals surface area contributed by atoms with Gasteiger partial charge in [-0.25, -0.2) is 4.98 Å². The third kappa shape index (κ3) is 3.40. The Morgan fingerprint density at radius 1 is 1.20 bits per heavy atom. The molecule has 1 aromatic heterocycles. The highest BCUT2D eigenvalue weighted by Crippen LogP contribution is 2.29. The summed E-state index contributed by atoms with van der Waals surface area (Å²) >= 11 is 0. The van der Waals surface area contributed by atoms with Gasteiger partial charge in [0.05, 0.1) is 11.3 Å². The minimum Gasteiger partial charge on any atom is -0.396 e. The molecule has 0 saturated carbocycles. The van der Waals surface area contributed by atoms with Crippen molar-refractivity contribution in [3.8, 4) is 0 Å². The fraction of sp³-hybridized carbons (Fsp3) is 0.214. The zero-order valence-electron chi connectivity index (χ0n) is 10.8. The highest BCUT2D eigenvalue weighted by molar-refractivity contribution is 5.61. The predicted octanol–water partition coefficient (Wildman–Crippen LogP) is 3.60. The molecule has 0 saturated heterocycles. The maximum atomic E-state index is 12.4. The van der Waals surface area contributed by atoms with E-state index in [4.69, 9.17) is 5.73 Å². The molecule has 0 atom stereocenters. The van der Waals surface area contributed by atoms with E-state index < -0.39 is 11.7 Å². The third-order valence-electron chi connectivity index (χ3n) is 2.80. The molecule has 0 radical (unpaired) electrons. The lowest BCUT2D eigenvalue weighted by Crippen LogP contribution is -2.07. The molecule has 2 rings (SSSR count). The molecule has 0 spiro atoms. The summed E-state index contributed by atoms with van der Waals surface area (Å²) in [5, 5.41) is 3.00. The Hall–Kier alpha value is -2.24. The number of hydrogen-bond donors (Lipinski definition) is 2. The summed E-state index contributed by atoms with van der Waals surface area (Å²) in [7, 11) is 0. The van der Waals surface area contributed by atoms with Gasteiger partial charge in [0.1, 0.15) is 5.82 Å². The van der Waals surface area contributed by atoms with Crippen molar-refractivity contribution in [3.63, 3.8) is 0 Å². The summed E-state index contributed by atoms with van der Waals surface area (Å²) < 4.78 is 37.3. The average molecular weight is 281 g/mol. The summed E-state index contributed by atoms with van der Waals surface area (Å²) in [4.78, 5) is 4.13. The number of benzene rings is 1. The van der Waals surface area contributed by atoms with Gasteiger partial charge >= 0.3 is 6.18 Å². The highest BCUT2D eigenvalue weighted by Gasteiger charge is 2.29. The molecule has 1 aromatic carbocycles. The number of halogens is 3. The van der Waals surface area contributed by atoms with E-state index in [1.165, 1.54) is 12.1 Å². The van der Waals surface area contributed by atoms with E-state index in [0.29, 0.717) is 18.1 Å². The molecule has 0 bridgehead atoms. The van der Waals surface area contributed by atoms with Crippen LogP contribution in [0.3, 0.4) is 0 Å². The lowest BCUT2D eigenvalue weighted by Gasteiger charge is -2.10. The van der Waals surface area contributed by atoms with E-state index >= 15 is 0 Å². The smallest absolute Gasteiger partial charge is 0.396 e. The fourth-order valence-corrected chi connectivity index (χ4v) is 1.74. The first kappa shape index (κ1) is 14.2. The SMILES string of the molecule is Cc1cnc(NCc2ccc(C(F)(F)F)cc2)c(N)c1. The van der Waals surface area contributed by atoms with Gasteiger partial charge < -0.3 is 11.1 Å². The van der Waals surface area contributed by atoms with Crippen LogP contribution in [-0.2, 0) is 12.7 Å². The van der Waals surface area contributed by atoms with Crippen molar-refractivity contribution in [2.24, 2.45) is 0 Å². The zero-order valence-corrected chi connectivity index (χ0v) is 10.8. The van der Waals surface area contributed by atoms with Crippen molar-refractivity contribution in [1.29, 1.82) is 0 Å². The number of nitrogens with two attached hydrogens (primary N) is 1. The van der Waals surface area contributed by atoms with Gasteiger partial charge in [-0.2, -0.15) is 13.2 Å². The summed E-state index contributed by atoms with van der Waals surface area (Å²) in [5.41, 5.74) is 7.31. The Balaban J connectivity index is 2.04. The zero-order chi connectivity index (χ0) is 14.8. The van der Waals surface area contributed by atoms with Crippen LogP contribution in [-0.4, -0.2) is 4.98 Å². The Morgan fingerprint density at radius 2 is 1.85 bits per heavy atom. The van der Waals surface area contributed by atoms with Gasteiger partial charge in [0.2, 0.25) is 0 Å². The van der Waals surface area contributed by atoms with Crippen molar-refractivity contribution in [2.45, 2.75) is 19.6 Å². The van der Waals surface area contributed by atoms with Crippen molar-refractivity contribution in [2.75, 3.05) is 11.1 Å². The van der Waals surface area contributed by atoms with Crippen LogP contribution in [0.1, 0.15) is 16.7 Å². The average Bonchev–Trinajstić information content (AvgIpc) is 2.37. The second-order valence-electron chi connectivity index (χ2n) is 4.50. The Morgan fingerprint density at radius 3 is 2.40 bits per heavy atom. The molecule has 0 amide bonds. The topological polar surface area (TPSA) is 50.9 Å². The Bertz CT molecular complexity index is 592. The first-order valence-corrected chi connectivity index (χ1v) is 5.98. The predicted molar refractivity (Wildman–Crippen MR) is 72.2 cm³/mol. The minimum absolute atomic E-state index is 0.360. The number of hydrogen-bond acceptors (Lipinski definition) is 3. The van der Waals surface area contributed by atoms with E-state index in [2.05, 4.69) is 10.3 Å². The van der Waals surface area contributed by atoms with E-state index in [1.54, 1.807) is 12.3 Å². The summed E-state index contributed by atoms with van der Waals surface area (Å²) in [6.07, 6.45) is -2.64. The number of aryl methyl sites for hydroxylation is 1. The van der Waals surface area contributed by atoms with Crippen molar-refractivity contribution in [3.05, 3.63) is 53.2 Å². The van der Waals surface area contributed by atoms with E-state index in [9.17, 15) is 13.2 Å². The molecule has 2 aromatic rings. The molecule has 3 N–H and O–H groups in total. The Kier molecular flexibility index (Phi) is 3.83. The van der Waals surface area contributed by atoms with Gasteiger partial charge in [-0.15, -0.1) is 0 Å². The molecule has 3 nitrogen and oxygen atoms in total. The molecular formula is C14H14F3N3. The van der Waals surface area contributed by atoms with Crippen LogP contribution in [0.5, 0.6) is 0 Å². The molecule has 0 fully saturated rings. The fourth-order valence-electron chi connectivity index (χ4n) is 1.74. The Labute approximate surface area is 114 Å². The van der Waals surface area contributed by atoms with Crippen molar-refractivity contribution < 1.29 is 13.2 Å². The molecule has 106 valence electrons. The van der Waals surface area contributed by atoms with Crippen molar-refractivity contribution >= 4 is 11.5 Å². The van der Waals surface area contributed by atoms with Gasteiger partial charge in [-0.1, -0.05) is 12.1 Å². The van der Waals surface area contributed by atoms with Gasteiger partial charge in [0.15, 0.2) is 0 Å². The summed E-state index contributed by atoms with van der Waals surface area (Å²) in [6, 6.07) is 6.76. The largest absolute Gasteiger partial charge is 0.416 e. The van der Waals surface area contributed by atoms with Crippen molar-refractivity contribution in [1.82, 2.24) is 4.98 Å². The van der Waals surface area contributed by atoms with Gasteiger partial charge in [0, 0.05) is 12.7 Å². The number of nitrogens with one attached hydrogen (secondary N) is 1. The lowest BCUT2D eigenvalue weighted by molar-refractivity contribution is -0.137. The number of rotatable bonds is 3. The standard InChI is InChI=1S/C14H14F3N3/c1-9-6-12(18)13(19-7-9)20-8-10-2-4-11(5-3-10)14(15,16)17/h2-7H,8,18H2,1H3,(H,19,20). The second kappa shape index (κ2) is 5.40. The van der Waals surface area contributed by atoms with Crippen LogP contribution < -0.4 is 11.1 Å². The lowest BCUT2D eigenvalue weighted by atomic mass is 10.1. The molecule has 0 unspecified atom stereocenters. The molecule has 0 aliphatic carbocycles. The number of anilines is 2. The molecule has 0 aliphatic heterocycles. The second-order valence-corrected chi connectivity index (χ2v) is 4.50. The van der Waals surface area contributed by atoms with Crippen LogP contribution in [0.25, 0.3) is 0 Å². The molecule has 20 heavy (non-hydrogen) atoms. The minimum atomic E-state index is -4.31. The maximum Gasteiger partial charge on any atom is 0.416 e.